The number of hydrogen-bond acceptors (Lipinski definition) is 4. The van der Waals surface area contributed by atoms with Crippen LogP contribution in [-0.2, 0) is 9.53 Å². The maximum atomic E-state index is 12.0. The Kier molecular flexibility index (Phi) is 4.17. The van der Waals surface area contributed by atoms with Crippen LogP contribution in [0.5, 0.6) is 0 Å². The number of carbonyl (C=O) groups is 2. The van der Waals surface area contributed by atoms with Gasteiger partial charge in [0.15, 0.2) is 0 Å². The lowest BCUT2D eigenvalue weighted by atomic mass is 10.2. The lowest BCUT2D eigenvalue weighted by Gasteiger charge is -2.22. The molecular formula is C15H19N3O3. The minimum Gasteiger partial charge on any atom is -0.366 e. The van der Waals surface area contributed by atoms with E-state index >= 15 is 0 Å². The molecule has 1 aromatic carbocycles. The predicted octanol–water partition coefficient (Wildman–Crippen LogP) is 0.506. The highest BCUT2D eigenvalue weighted by Gasteiger charge is 2.24. The summed E-state index contributed by atoms with van der Waals surface area (Å²) in [6, 6.07) is 7.24. The summed E-state index contributed by atoms with van der Waals surface area (Å²) in [4.78, 5) is 23.8. The van der Waals surface area contributed by atoms with E-state index in [0.717, 1.165) is 19.4 Å². The van der Waals surface area contributed by atoms with Crippen molar-refractivity contribution >= 4 is 17.5 Å². The second kappa shape index (κ2) is 6.24. The molecule has 1 aliphatic carbocycles. The fraction of sp³-hybridized carbons (Fsp3) is 0.467. The Morgan fingerprint density at radius 2 is 1.95 bits per heavy atom. The minimum atomic E-state index is -0.461. The molecular weight excluding hydrogens is 270 g/mol. The molecule has 2 amide bonds. The quantitative estimate of drug-likeness (QED) is 0.754. The van der Waals surface area contributed by atoms with Crippen molar-refractivity contribution in [2.45, 2.75) is 25.0 Å². The molecule has 0 radical (unpaired) electrons. The highest BCUT2D eigenvalue weighted by atomic mass is 16.5. The van der Waals surface area contributed by atoms with E-state index in [0.29, 0.717) is 30.4 Å². The third-order valence-electron chi connectivity index (χ3n) is 3.55. The molecule has 2 aliphatic rings. The van der Waals surface area contributed by atoms with Crippen molar-refractivity contribution in [2.75, 3.05) is 25.0 Å². The van der Waals surface area contributed by atoms with Gasteiger partial charge in [0.25, 0.3) is 11.8 Å². The molecule has 1 unspecified atom stereocenters. The molecule has 6 nitrogen and oxygen atoms in total. The zero-order chi connectivity index (χ0) is 14.7. The van der Waals surface area contributed by atoms with Gasteiger partial charge in [-0.05, 0) is 37.1 Å². The number of morpholine rings is 1. The third-order valence-corrected chi connectivity index (χ3v) is 3.55. The topological polar surface area (TPSA) is 79.5 Å². The van der Waals surface area contributed by atoms with Crippen LogP contribution in [0.3, 0.4) is 0 Å². The Labute approximate surface area is 123 Å². The average Bonchev–Trinajstić information content (AvgIpc) is 3.33. The lowest BCUT2D eigenvalue weighted by molar-refractivity contribution is -0.128. The number of ether oxygens (including phenoxy) is 1. The molecule has 3 N–H and O–H groups in total. The molecule has 6 heteroatoms. The van der Waals surface area contributed by atoms with Crippen LogP contribution >= 0.6 is 0 Å². The van der Waals surface area contributed by atoms with Gasteiger partial charge in [0.05, 0.1) is 6.61 Å². The number of carbonyl (C=O) groups excluding carboxylic acids is 2. The highest BCUT2D eigenvalue weighted by molar-refractivity contribution is 5.97. The highest BCUT2D eigenvalue weighted by Crippen LogP contribution is 2.19. The number of rotatable bonds is 4. The number of hydrogen-bond donors (Lipinski definition) is 3. The fourth-order valence-corrected chi connectivity index (χ4v) is 2.16. The average molecular weight is 289 g/mol. The molecule has 2 fully saturated rings. The monoisotopic (exact) mass is 289 g/mol. The Morgan fingerprint density at radius 3 is 2.57 bits per heavy atom. The van der Waals surface area contributed by atoms with Gasteiger partial charge in [0.2, 0.25) is 0 Å². The van der Waals surface area contributed by atoms with E-state index in [-0.39, 0.29) is 11.8 Å². The van der Waals surface area contributed by atoms with E-state index in [1.807, 2.05) is 0 Å². The second-order valence-corrected chi connectivity index (χ2v) is 5.38. The number of benzene rings is 1. The molecule has 0 bridgehead atoms. The van der Waals surface area contributed by atoms with Crippen molar-refractivity contribution in [1.82, 2.24) is 10.6 Å². The normalized spacial score (nSPS) is 21.6. The van der Waals surface area contributed by atoms with E-state index < -0.39 is 6.10 Å². The summed E-state index contributed by atoms with van der Waals surface area (Å²) in [5, 5.41) is 8.83. The van der Waals surface area contributed by atoms with Crippen LogP contribution in [0.4, 0.5) is 5.69 Å². The first-order valence-corrected chi connectivity index (χ1v) is 7.26. The number of amides is 2. The zero-order valence-electron chi connectivity index (χ0n) is 11.7. The molecule has 1 atom stereocenters. The summed E-state index contributed by atoms with van der Waals surface area (Å²) in [7, 11) is 0. The van der Waals surface area contributed by atoms with Gasteiger partial charge in [0, 0.05) is 30.4 Å². The van der Waals surface area contributed by atoms with E-state index in [4.69, 9.17) is 4.74 Å². The van der Waals surface area contributed by atoms with Crippen LogP contribution in [0, 0.1) is 0 Å². The van der Waals surface area contributed by atoms with Crippen LogP contribution in [0.15, 0.2) is 24.3 Å². The standard InChI is InChI=1S/C15H19N3O3/c19-14(17-12-5-6-12)10-1-3-11(4-2-10)18-15(20)13-9-16-7-8-21-13/h1-4,12-13,16H,5-9H2,(H,17,19)(H,18,20). The van der Waals surface area contributed by atoms with Gasteiger partial charge in [-0.25, -0.2) is 0 Å². The molecule has 1 aromatic rings. The van der Waals surface area contributed by atoms with Gasteiger partial charge in [-0.15, -0.1) is 0 Å². The van der Waals surface area contributed by atoms with Crippen LogP contribution < -0.4 is 16.0 Å². The SMILES string of the molecule is O=C(NC1CC1)c1ccc(NC(=O)C2CNCCO2)cc1. The molecule has 3 rings (SSSR count). The molecule has 1 aliphatic heterocycles. The van der Waals surface area contributed by atoms with E-state index in [9.17, 15) is 9.59 Å². The maximum absolute atomic E-state index is 12.0. The molecule has 1 saturated carbocycles. The second-order valence-electron chi connectivity index (χ2n) is 5.38. The molecule has 0 aromatic heterocycles. The largest absolute Gasteiger partial charge is 0.366 e. The van der Waals surface area contributed by atoms with Crippen LogP contribution in [0.25, 0.3) is 0 Å². The van der Waals surface area contributed by atoms with Crippen molar-refractivity contribution in [3.8, 4) is 0 Å². The minimum absolute atomic E-state index is 0.0600. The summed E-state index contributed by atoms with van der Waals surface area (Å²) < 4.78 is 5.39. The summed E-state index contributed by atoms with van der Waals surface area (Å²) in [5.41, 5.74) is 1.27. The fourth-order valence-electron chi connectivity index (χ4n) is 2.16. The maximum Gasteiger partial charge on any atom is 0.254 e. The zero-order valence-corrected chi connectivity index (χ0v) is 11.7. The van der Waals surface area contributed by atoms with Gasteiger partial charge in [-0.1, -0.05) is 0 Å². The Hall–Kier alpha value is -1.92. The van der Waals surface area contributed by atoms with Crippen molar-refractivity contribution in [3.63, 3.8) is 0 Å². The number of anilines is 1. The summed E-state index contributed by atoms with van der Waals surface area (Å²) in [5.74, 6) is -0.229. The Balaban J connectivity index is 1.55. The smallest absolute Gasteiger partial charge is 0.254 e. The molecule has 1 saturated heterocycles. The number of nitrogens with one attached hydrogen (secondary N) is 3. The first-order valence-electron chi connectivity index (χ1n) is 7.26. The van der Waals surface area contributed by atoms with Gasteiger partial charge in [0.1, 0.15) is 6.10 Å². The van der Waals surface area contributed by atoms with Crippen molar-refractivity contribution < 1.29 is 14.3 Å². The van der Waals surface area contributed by atoms with Gasteiger partial charge < -0.3 is 20.7 Å². The summed E-state index contributed by atoms with van der Waals surface area (Å²) >= 11 is 0. The van der Waals surface area contributed by atoms with Crippen molar-refractivity contribution in [3.05, 3.63) is 29.8 Å². The van der Waals surface area contributed by atoms with Gasteiger partial charge in [-0.3, -0.25) is 9.59 Å². The van der Waals surface area contributed by atoms with Gasteiger partial charge in [-0.2, -0.15) is 0 Å². The molecule has 0 spiro atoms. The first kappa shape index (κ1) is 14.0. The van der Waals surface area contributed by atoms with Crippen LogP contribution in [0.1, 0.15) is 23.2 Å². The Bertz CT molecular complexity index is 519. The van der Waals surface area contributed by atoms with Crippen LogP contribution in [-0.4, -0.2) is 43.7 Å². The van der Waals surface area contributed by atoms with E-state index in [2.05, 4.69) is 16.0 Å². The molecule has 21 heavy (non-hydrogen) atoms. The van der Waals surface area contributed by atoms with Crippen LogP contribution in [0.2, 0.25) is 0 Å². The lowest BCUT2D eigenvalue weighted by Crippen LogP contribution is -2.45. The summed E-state index contributed by atoms with van der Waals surface area (Å²) in [6.45, 7) is 1.83. The molecule has 112 valence electrons. The third kappa shape index (κ3) is 3.80. The summed E-state index contributed by atoms with van der Waals surface area (Å²) in [6.07, 6.45) is 1.67. The first-order chi connectivity index (χ1) is 10.2. The van der Waals surface area contributed by atoms with Gasteiger partial charge >= 0.3 is 0 Å². The predicted molar refractivity (Wildman–Crippen MR) is 78.2 cm³/mol. The Morgan fingerprint density at radius 1 is 1.19 bits per heavy atom. The van der Waals surface area contributed by atoms with Crippen molar-refractivity contribution in [2.24, 2.45) is 0 Å². The van der Waals surface area contributed by atoms with E-state index in [1.54, 1.807) is 24.3 Å². The van der Waals surface area contributed by atoms with Crippen molar-refractivity contribution in [1.29, 1.82) is 0 Å². The van der Waals surface area contributed by atoms with E-state index in [1.165, 1.54) is 0 Å². The molecule has 1 heterocycles.